The van der Waals surface area contributed by atoms with E-state index in [0.29, 0.717) is 18.7 Å². The second-order valence-corrected chi connectivity index (χ2v) is 4.01. The number of hydrogen-bond acceptors (Lipinski definition) is 4. The molecule has 1 aromatic heterocycles. The van der Waals surface area contributed by atoms with E-state index in [4.69, 9.17) is 0 Å². The van der Waals surface area contributed by atoms with Gasteiger partial charge in [-0.05, 0) is 18.6 Å². The summed E-state index contributed by atoms with van der Waals surface area (Å²) in [7, 11) is 0. The number of benzene rings is 1. The highest BCUT2D eigenvalue weighted by molar-refractivity contribution is 5.93. The fourth-order valence-electron chi connectivity index (χ4n) is 1.64. The molecule has 5 heteroatoms. The second kappa shape index (κ2) is 8.58. The first-order valence-electron chi connectivity index (χ1n) is 6.82. The van der Waals surface area contributed by atoms with E-state index in [1.54, 1.807) is 6.92 Å². The molecular weight excluding hydrogens is 266 g/mol. The van der Waals surface area contributed by atoms with Crippen LogP contribution in [0.3, 0.4) is 0 Å². The van der Waals surface area contributed by atoms with Crippen LogP contribution < -0.4 is 5.32 Å². The number of carbonyl (C=O) groups is 2. The fourth-order valence-corrected chi connectivity index (χ4v) is 1.64. The van der Waals surface area contributed by atoms with Gasteiger partial charge in [0.1, 0.15) is 17.2 Å². The lowest BCUT2D eigenvalue weighted by Crippen LogP contribution is -2.24. The Morgan fingerprint density at radius 2 is 1.90 bits per heavy atom. The van der Waals surface area contributed by atoms with Gasteiger partial charge in [0, 0.05) is 7.97 Å². The van der Waals surface area contributed by atoms with Crippen LogP contribution in [0.25, 0.3) is 0 Å². The van der Waals surface area contributed by atoms with Crippen LogP contribution in [0.1, 0.15) is 47.6 Å². The Kier molecular flexibility index (Phi) is 6.74. The van der Waals surface area contributed by atoms with Crippen molar-refractivity contribution in [2.75, 3.05) is 0 Å². The zero-order valence-corrected chi connectivity index (χ0v) is 12.5. The molecule has 1 amide bonds. The van der Waals surface area contributed by atoms with Crippen LogP contribution in [-0.4, -0.2) is 22.2 Å². The van der Waals surface area contributed by atoms with E-state index in [1.165, 1.54) is 6.07 Å². The number of nitrogens with one attached hydrogen (secondary N) is 1. The minimum Gasteiger partial charge on any atom is -0.347 e. The van der Waals surface area contributed by atoms with Crippen molar-refractivity contribution in [2.45, 2.75) is 27.3 Å². The lowest BCUT2D eigenvalue weighted by atomic mass is 10.2. The molecule has 0 bridgehead atoms. The molecule has 2 aromatic rings. The van der Waals surface area contributed by atoms with Crippen molar-refractivity contribution in [3.63, 3.8) is 0 Å². The third-order valence-electron chi connectivity index (χ3n) is 2.51. The van der Waals surface area contributed by atoms with Gasteiger partial charge < -0.3 is 5.32 Å². The average molecular weight is 287 g/mol. The third kappa shape index (κ3) is 5.14. The van der Waals surface area contributed by atoms with Gasteiger partial charge in [0.25, 0.3) is 5.91 Å². The number of aldehydes is 1. The molecule has 0 aliphatic rings. The average Bonchev–Trinajstić information content (AvgIpc) is 2.54. The highest BCUT2D eigenvalue weighted by Gasteiger charge is 2.09. The Hall–Kier alpha value is -2.56. The number of aryl methyl sites for hydroxylation is 1. The van der Waals surface area contributed by atoms with E-state index in [1.807, 2.05) is 44.2 Å². The maximum Gasteiger partial charge on any atom is 0.270 e. The summed E-state index contributed by atoms with van der Waals surface area (Å²) in [5.74, 6) is 0.0758. The molecule has 0 saturated carbocycles. The first-order valence-corrected chi connectivity index (χ1v) is 6.82. The van der Waals surface area contributed by atoms with Gasteiger partial charge in [0.2, 0.25) is 0 Å². The van der Waals surface area contributed by atoms with Gasteiger partial charge in [0.15, 0.2) is 6.29 Å². The minimum absolute atomic E-state index is 0. The van der Waals surface area contributed by atoms with Gasteiger partial charge in [-0.1, -0.05) is 44.2 Å². The largest absolute Gasteiger partial charge is 0.347 e. The molecule has 2 rings (SSSR count). The summed E-state index contributed by atoms with van der Waals surface area (Å²) < 4.78 is 0. The summed E-state index contributed by atoms with van der Waals surface area (Å²) in [6.45, 7) is 6.06. The fraction of sp³-hybridized carbons (Fsp3) is 0.250. The van der Waals surface area contributed by atoms with E-state index in [2.05, 4.69) is 15.3 Å². The van der Waals surface area contributed by atoms with Crippen LogP contribution in [0.5, 0.6) is 0 Å². The molecule has 0 saturated heterocycles. The molecule has 0 atom stereocenters. The predicted molar refractivity (Wildman–Crippen MR) is 83.2 cm³/mol. The summed E-state index contributed by atoms with van der Waals surface area (Å²) in [4.78, 5) is 30.5. The molecule has 0 aliphatic carbocycles. The Morgan fingerprint density at radius 3 is 2.52 bits per heavy atom. The van der Waals surface area contributed by atoms with E-state index >= 15 is 0 Å². The molecule has 5 nitrogen and oxygen atoms in total. The van der Waals surface area contributed by atoms with Crippen molar-refractivity contribution in [1.29, 1.82) is 0 Å². The number of aromatic nitrogens is 2. The number of hydrogen-bond donors (Lipinski definition) is 1. The van der Waals surface area contributed by atoms with Gasteiger partial charge in [-0.2, -0.15) is 0 Å². The van der Waals surface area contributed by atoms with Crippen LogP contribution in [0.4, 0.5) is 0 Å². The SMILES string of the molecule is CC.Cc1nc(C=O)cc(C(=O)NCc2ccccc2)n1.[HH]. The van der Waals surface area contributed by atoms with Crippen molar-refractivity contribution in [2.24, 2.45) is 0 Å². The van der Waals surface area contributed by atoms with Crippen molar-refractivity contribution < 1.29 is 11.0 Å². The standard InChI is InChI=1S/C14H13N3O2.C2H6.H2/c1-10-16-12(9-18)7-13(17-10)14(19)15-8-11-5-3-2-4-6-11;1-2;/h2-7,9H,8H2,1H3,(H,15,19);1-2H3;1H. The van der Waals surface area contributed by atoms with Crippen LogP contribution in [0.2, 0.25) is 0 Å². The van der Waals surface area contributed by atoms with E-state index in [-0.39, 0.29) is 18.7 Å². The molecule has 0 unspecified atom stereocenters. The Balaban J connectivity index is 0.00000141. The summed E-state index contributed by atoms with van der Waals surface area (Å²) in [5.41, 5.74) is 1.40. The smallest absolute Gasteiger partial charge is 0.270 e. The van der Waals surface area contributed by atoms with Gasteiger partial charge in [-0.3, -0.25) is 9.59 Å². The van der Waals surface area contributed by atoms with E-state index in [9.17, 15) is 9.59 Å². The zero-order chi connectivity index (χ0) is 15.7. The second-order valence-electron chi connectivity index (χ2n) is 4.01. The number of nitrogens with zero attached hydrogens (tertiary/aromatic N) is 2. The molecular formula is C16H21N3O2. The number of rotatable bonds is 4. The summed E-state index contributed by atoms with van der Waals surface area (Å²) in [6, 6.07) is 10.9. The normalized spacial score (nSPS) is 9.29. The molecule has 1 N–H and O–H groups in total. The van der Waals surface area contributed by atoms with Gasteiger partial charge >= 0.3 is 0 Å². The minimum atomic E-state index is -0.322. The quantitative estimate of drug-likeness (QED) is 0.878. The number of carbonyl (C=O) groups excluding carboxylic acids is 2. The monoisotopic (exact) mass is 287 g/mol. The summed E-state index contributed by atoms with van der Waals surface area (Å²) >= 11 is 0. The molecule has 0 spiro atoms. The topological polar surface area (TPSA) is 72.0 Å². The molecule has 21 heavy (non-hydrogen) atoms. The number of amides is 1. The molecule has 0 fully saturated rings. The van der Waals surface area contributed by atoms with Crippen molar-refractivity contribution in [3.8, 4) is 0 Å². The Labute approximate surface area is 125 Å². The predicted octanol–water partition coefficient (Wildman–Crippen LogP) is 2.80. The summed E-state index contributed by atoms with van der Waals surface area (Å²) in [5, 5.41) is 2.75. The van der Waals surface area contributed by atoms with Crippen LogP contribution in [0.15, 0.2) is 36.4 Å². The van der Waals surface area contributed by atoms with E-state index in [0.717, 1.165) is 5.56 Å². The maximum atomic E-state index is 11.9. The lowest BCUT2D eigenvalue weighted by molar-refractivity contribution is 0.0945. The van der Waals surface area contributed by atoms with Gasteiger partial charge in [-0.25, -0.2) is 9.97 Å². The van der Waals surface area contributed by atoms with Crippen LogP contribution >= 0.6 is 0 Å². The highest BCUT2D eigenvalue weighted by atomic mass is 16.1. The molecule has 112 valence electrons. The van der Waals surface area contributed by atoms with E-state index < -0.39 is 0 Å². The molecule has 0 radical (unpaired) electrons. The zero-order valence-electron chi connectivity index (χ0n) is 12.5. The third-order valence-corrected chi connectivity index (χ3v) is 2.51. The maximum absolute atomic E-state index is 11.9. The lowest BCUT2D eigenvalue weighted by Gasteiger charge is -2.05. The molecule has 1 heterocycles. The first-order chi connectivity index (χ1) is 10.2. The highest BCUT2D eigenvalue weighted by Crippen LogP contribution is 2.01. The molecule has 0 aliphatic heterocycles. The van der Waals surface area contributed by atoms with Gasteiger partial charge in [0.05, 0.1) is 0 Å². The first kappa shape index (κ1) is 16.5. The van der Waals surface area contributed by atoms with Gasteiger partial charge in [-0.15, -0.1) is 0 Å². The van der Waals surface area contributed by atoms with Crippen LogP contribution in [0, 0.1) is 6.92 Å². The molecule has 1 aromatic carbocycles. The summed E-state index contributed by atoms with van der Waals surface area (Å²) in [6.07, 6.45) is 0.600. The van der Waals surface area contributed by atoms with Crippen molar-refractivity contribution in [3.05, 3.63) is 59.2 Å². The van der Waals surface area contributed by atoms with Crippen molar-refractivity contribution in [1.82, 2.24) is 15.3 Å². The van der Waals surface area contributed by atoms with Crippen LogP contribution in [-0.2, 0) is 6.54 Å². The van der Waals surface area contributed by atoms with Crippen molar-refractivity contribution >= 4 is 12.2 Å². The Morgan fingerprint density at radius 1 is 1.24 bits per heavy atom. The Bertz CT molecular complexity index is 604.